The van der Waals surface area contributed by atoms with Crippen LogP contribution in [-0.4, -0.2) is 63.9 Å². The maximum absolute atomic E-state index is 14.4. The summed E-state index contributed by atoms with van der Waals surface area (Å²) in [5.74, 6) is -1.42. The van der Waals surface area contributed by atoms with Gasteiger partial charge < -0.3 is 25.0 Å². The molecule has 3 rings (SSSR count). The molecule has 1 aliphatic rings. The molecule has 3 amide bonds. The number of hydrogen-bond acceptors (Lipinski definition) is 7. The molecule has 0 aromatic heterocycles. The van der Waals surface area contributed by atoms with E-state index in [0.717, 1.165) is 17.5 Å². The highest BCUT2D eigenvalue weighted by molar-refractivity contribution is 7.80. The molecule has 0 bridgehead atoms. The lowest BCUT2D eigenvalue weighted by Crippen LogP contribution is -2.56. The first-order valence-corrected chi connectivity index (χ1v) is 16.2. The molecule has 0 aliphatic heterocycles. The lowest BCUT2D eigenvalue weighted by molar-refractivity contribution is -0.159. The lowest BCUT2D eigenvalue weighted by atomic mass is 9.99. The summed E-state index contributed by atoms with van der Waals surface area (Å²) < 4.78 is 11.1. The zero-order valence-electron chi connectivity index (χ0n) is 27.8. The van der Waals surface area contributed by atoms with Gasteiger partial charge in [0.05, 0.1) is 0 Å². The molecule has 2 N–H and O–H groups in total. The number of carbonyl (C=O) groups excluding carboxylic acids is 4. The van der Waals surface area contributed by atoms with Crippen molar-refractivity contribution in [3.63, 3.8) is 0 Å². The summed E-state index contributed by atoms with van der Waals surface area (Å²) in [4.78, 5) is 56.4. The topological polar surface area (TPSA) is 114 Å². The second-order valence-electron chi connectivity index (χ2n) is 13.7. The Bertz CT molecular complexity index is 1320. The van der Waals surface area contributed by atoms with Crippen molar-refractivity contribution in [1.82, 2.24) is 15.5 Å². The highest BCUT2D eigenvalue weighted by Gasteiger charge is 2.48. The molecule has 246 valence electrons. The van der Waals surface area contributed by atoms with Crippen LogP contribution in [0.3, 0.4) is 0 Å². The smallest absolute Gasteiger partial charge is 0.408 e. The summed E-state index contributed by atoms with van der Waals surface area (Å²) >= 11 is 4.38. The fourth-order valence-electron chi connectivity index (χ4n) is 5.03. The fraction of sp³-hybridized carbons (Fsp3) is 0.543. The number of thiol groups is 1. The number of amides is 3. The molecule has 2 aromatic carbocycles. The number of alkyl carbamates (subject to hydrolysis) is 1. The van der Waals surface area contributed by atoms with E-state index in [1.165, 1.54) is 0 Å². The second kappa shape index (κ2) is 15.2. The Kier molecular flexibility index (Phi) is 12.1. The molecule has 2 aromatic rings. The van der Waals surface area contributed by atoms with E-state index in [2.05, 4.69) is 23.3 Å². The second-order valence-corrected chi connectivity index (χ2v) is 14.1. The third-order valence-corrected chi connectivity index (χ3v) is 7.74. The number of benzene rings is 2. The first kappa shape index (κ1) is 35.9. The molecule has 0 heterocycles. The first-order valence-electron chi connectivity index (χ1n) is 15.6. The van der Waals surface area contributed by atoms with Gasteiger partial charge in [0.25, 0.3) is 0 Å². The Labute approximate surface area is 273 Å². The zero-order chi connectivity index (χ0) is 33.5. The van der Waals surface area contributed by atoms with Gasteiger partial charge in [-0.3, -0.25) is 9.59 Å². The molecule has 10 heteroatoms. The van der Waals surface area contributed by atoms with Gasteiger partial charge in [0, 0.05) is 18.2 Å². The molecule has 45 heavy (non-hydrogen) atoms. The number of nitrogens with one attached hydrogen (secondary N) is 2. The molecule has 1 fully saturated rings. The monoisotopic (exact) mass is 639 g/mol. The molecular weight excluding hydrogens is 590 g/mol. The summed E-state index contributed by atoms with van der Waals surface area (Å²) in [6, 6.07) is 13.5. The van der Waals surface area contributed by atoms with E-state index in [1.807, 2.05) is 68.4 Å². The molecule has 0 radical (unpaired) electrons. The predicted molar refractivity (Wildman–Crippen MR) is 178 cm³/mol. The van der Waals surface area contributed by atoms with Gasteiger partial charge in [-0.25, -0.2) is 9.59 Å². The van der Waals surface area contributed by atoms with Crippen LogP contribution in [0.5, 0.6) is 0 Å². The van der Waals surface area contributed by atoms with Gasteiger partial charge in [-0.1, -0.05) is 68.4 Å². The maximum Gasteiger partial charge on any atom is 0.408 e. The van der Waals surface area contributed by atoms with Crippen molar-refractivity contribution < 1.29 is 28.7 Å². The minimum Gasteiger partial charge on any atom is -0.458 e. The van der Waals surface area contributed by atoms with Crippen molar-refractivity contribution in [2.75, 3.05) is 5.75 Å². The van der Waals surface area contributed by atoms with Crippen LogP contribution >= 0.6 is 12.6 Å². The number of esters is 1. The van der Waals surface area contributed by atoms with Crippen LogP contribution in [0.2, 0.25) is 0 Å². The van der Waals surface area contributed by atoms with Gasteiger partial charge in [-0.2, -0.15) is 12.6 Å². The van der Waals surface area contributed by atoms with Crippen LogP contribution in [0, 0.1) is 5.92 Å². The summed E-state index contributed by atoms with van der Waals surface area (Å²) in [5, 5.41) is 5.59. The minimum atomic E-state index is -1.08. The Balaban J connectivity index is 2.03. The van der Waals surface area contributed by atoms with Gasteiger partial charge >= 0.3 is 12.1 Å². The number of aryl methyl sites for hydroxylation is 1. The number of ether oxygens (including phenoxy) is 2. The number of carbonyl (C=O) groups is 4. The van der Waals surface area contributed by atoms with Crippen LogP contribution in [0.4, 0.5) is 4.79 Å². The average Bonchev–Trinajstić information content (AvgIpc) is 3.68. The maximum atomic E-state index is 14.4. The van der Waals surface area contributed by atoms with Crippen molar-refractivity contribution in [1.29, 1.82) is 0 Å². The van der Waals surface area contributed by atoms with Crippen molar-refractivity contribution in [3.8, 4) is 0 Å². The third kappa shape index (κ3) is 10.8. The highest BCUT2D eigenvalue weighted by Crippen LogP contribution is 2.41. The molecule has 9 nitrogen and oxygen atoms in total. The number of hydrogen-bond donors (Lipinski definition) is 3. The Morgan fingerprint density at radius 1 is 0.867 bits per heavy atom. The summed E-state index contributed by atoms with van der Waals surface area (Å²) in [6.07, 6.45) is 0.947. The van der Waals surface area contributed by atoms with E-state index < -0.39 is 53.2 Å². The van der Waals surface area contributed by atoms with E-state index >= 15 is 0 Å². The van der Waals surface area contributed by atoms with Gasteiger partial charge in [0.1, 0.15) is 29.3 Å². The number of rotatable bonds is 12. The predicted octanol–water partition coefficient (Wildman–Crippen LogP) is 5.42. The summed E-state index contributed by atoms with van der Waals surface area (Å²) in [7, 11) is 0. The van der Waals surface area contributed by atoms with Gasteiger partial charge in [-0.05, 0) is 77.0 Å². The van der Waals surface area contributed by atoms with Crippen LogP contribution in [-0.2, 0) is 36.7 Å². The fourth-order valence-corrected chi connectivity index (χ4v) is 5.28. The molecular formula is C35H49N3O6S. The van der Waals surface area contributed by atoms with Gasteiger partial charge in [-0.15, -0.1) is 0 Å². The zero-order valence-corrected chi connectivity index (χ0v) is 28.6. The van der Waals surface area contributed by atoms with E-state index in [-0.39, 0.29) is 24.1 Å². The lowest BCUT2D eigenvalue weighted by Gasteiger charge is -2.35. The van der Waals surface area contributed by atoms with Crippen LogP contribution < -0.4 is 10.6 Å². The Hall–Kier alpha value is -3.53. The third-order valence-electron chi connectivity index (χ3n) is 7.37. The average molecular weight is 640 g/mol. The number of nitrogens with zero attached hydrogens (tertiary/aromatic N) is 1. The standard InChI is InChI=1S/C35H49N3O6S/c1-9-23-15-17-25(18-16-23)29(30(39)36-26(32(41)43-34(3,4)5)20-24-13-11-10-12-14-24)38(28-19-22(28)2)31(40)27(21-45)37-33(42)44-35(6,7)8/h10-18,22,26-29,45H,9,19-21H2,1-8H3,(H,36,39)(H,37,42). The quantitative estimate of drug-likeness (QED) is 0.211. The molecule has 0 spiro atoms. The van der Waals surface area contributed by atoms with E-state index in [0.29, 0.717) is 12.0 Å². The summed E-state index contributed by atoms with van der Waals surface area (Å²) in [6.45, 7) is 14.6. The van der Waals surface area contributed by atoms with Crippen molar-refractivity contribution in [2.24, 2.45) is 5.92 Å². The largest absolute Gasteiger partial charge is 0.458 e. The molecule has 0 saturated heterocycles. The SMILES string of the molecule is CCc1ccc(C(C(=O)NC(Cc2ccccc2)C(=O)OC(C)(C)C)N(C(=O)C(CS)NC(=O)OC(C)(C)C)C2CC2C)cc1. The highest BCUT2D eigenvalue weighted by atomic mass is 32.1. The van der Waals surface area contributed by atoms with Crippen LogP contribution in [0.1, 0.15) is 84.5 Å². The van der Waals surface area contributed by atoms with Crippen LogP contribution in [0.15, 0.2) is 54.6 Å². The van der Waals surface area contributed by atoms with E-state index in [9.17, 15) is 19.2 Å². The summed E-state index contributed by atoms with van der Waals surface area (Å²) in [5.41, 5.74) is 0.974. The normalized spacial score (nSPS) is 18.2. The molecule has 1 saturated carbocycles. The molecule has 5 atom stereocenters. The molecule has 1 aliphatic carbocycles. The van der Waals surface area contributed by atoms with Crippen molar-refractivity contribution >= 4 is 36.5 Å². The van der Waals surface area contributed by atoms with Crippen molar-refractivity contribution in [3.05, 3.63) is 71.3 Å². The minimum absolute atomic E-state index is 0.00662. The van der Waals surface area contributed by atoms with Gasteiger partial charge in [0.2, 0.25) is 11.8 Å². The van der Waals surface area contributed by atoms with E-state index in [4.69, 9.17) is 9.47 Å². The Morgan fingerprint density at radius 2 is 1.44 bits per heavy atom. The Morgan fingerprint density at radius 3 is 1.93 bits per heavy atom. The van der Waals surface area contributed by atoms with Gasteiger partial charge in [0.15, 0.2) is 0 Å². The van der Waals surface area contributed by atoms with Crippen LogP contribution in [0.25, 0.3) is 0 Å². The van der Waals surface area contributed by atoms with Crippen molar-refractivity contribution in [2.45, 2.75) is 110 Å². The first-order chi connectivity index (χ1) is 21.0. The molecule has 5 unspecified atom stereocenters. The van der Waals surface area contributed by atoms with E-state index in [1.54, 1.807) is 46.4 Å².